The molecule has 0 saturated carbocycles. The average molecular weight is 410 g/mol. The smallest absolute Gasteiger partial charge is 0.255 e. The van der Waals surface area contributed by atoms with Gasteiger partial charge in [0.1, 0.15) is 0 Å². The third-order valence-electron chi connectivity index (χ3n) is 3.63. The molecule has 2 rings (SSSR count). The fraction of sp³-hybridized carbons (Fsp3) is 0.222. The second-order valence-corrected chi connectivity index (χ2v) is 9.60. The first-order valence-corrected chi connectivity index (χ1v) is 11.2. The summed E-state index contributed by atoms with van der Waals surface area (Å²) in [4.78, 5) is -0.00103. The van der Waals surface area contributed by atoms with E-state index in [-0.39, 0.29) is 10.6 Å². The van der Waals surface area contributed by atoms with Crippen LogP contribution < -0.4 is 10.0 Å². The minimum absolute atomic E-state index is 0.00103. The Morgan fingerprint density at radius 3 is 2.22 bits per heavy atom. The molecule has 0 atom stereocenters. The summed E-state index contributed by atoms with van der Waals surface area (Å²) in [5, 5.41) is 4.07. The number of sulfonamides is 2. The van der Waals surface area contributed by atoms with Gasteiger partial charge in [-0.25, -0.2) is 21.1 Å². The van der Waals surface area contributed by atoms with Gasteiger partial charge in [0.05, 0.1) is 21.7 Å². The number of benzene rings is 2. The van der Waals surface area contributed by atoms with Crippen LogP contribution >= 0.6 is 0 Å². The van der Waals surface area contributed by atoms with Crippen LogP contribution in [0.2, 0.25) is 0 Å². The summed E-state index contributed by atoms with van der Waals surface area (Å²) in [6.07, 6.45) is 1.47. The van der Waals surface area contributed by atoms with E-state index in [4.69, 9.17) is 0 Å². The Morgan fingerprint density at radius 1 is 0.963 bits per heavy atom. The van der Waals surface area contributed by atoms with Crippen molar-refractivity contribution in [3.63, 3.8) is 0 Å². The van der Waals surface area contributed by atoms with Crippen LogP contribution in [-0.4, -0.2) is 41.8 Å². The SMILES string of the molecule is CCNc1ccc(S(=O)(=O)N(C)C)cc1NS(=O)(=O)/C=C/c1ccccc1. The normalized spacial score (nSPS) is 12.4. The fourth-order valence-corrected chi connectivity index (χ4v) is 4.05. The highest BCUT2D eigenvalue weighted by Gasteiger charge is 2.20. The fourth-order valence-electron chi connectivity index (χ4n) is 2.24. The second-order valence-electron chi connectivity index (χ2n) is 5.89. The van der Waals surface area contributed by atoms with Crippen LogP contribution in [0.25, 0.3) is 6.08 Å². The van der Waals surface area contributed by atoms with Gasteiger partial charge in [-0.05, 0) is 36.8 Å². The van der Waals surface area contributed by atoms with E-state index < -0.39 is 20.0 Å². The van der Waals surface area contributed by atoms with Gasteiger partial charge in [0.15, 0.2) is 0 Å². The van der Waals surface area contributed by atoms with E-state index in [0.717, 1.165) is 15.3 Å². The molecule has 9 heteroatoms. The molecule has 0 aliphatic rings. The number of hydrogen-bond donors (Lipinski definition) is 2. The Morgan fingerprint density at radius 2 is 1.63 bits per heavy atom. The maximum absolute atomic E-state index is 12.4. The zero-order valence-electron chi connectivity index (χ0n) is 15.4. The van der Waals surface area contributed by atoms with E-state index in [1.54, 1.807) is 30.3 Å². The van der Waals surface area contributed by atoms with Crippen LogP contribution in [0.1, 0.15) is 12.5 Å². The lowest BCUT2D eigenvalue weighted by molar-refractivity contribution is 0.521. The third kappa shape index (κ3) is 5.56. The highest BCUT2D eigenvalue weighted by molar-refractivity contribution is 7.95. The number of rotatable bonds is 8. The Hall–Kier alpha value is -2.36. The molecule has 0 unspecified atom stereocenters. The molecule has 0 fully saturated rings. The topological polar surface area (TPSA) is 95.6 Å². The Balaban J connectivity index is 2.39. The summed E-state index contributed by atoms with van der Waals surface area (Å²) in [7, 11) is -4.69. The van der Waals surface area contributed by atoms with Crippen LogP contribution in [0.5, 0.6) is 0 Å². The van der Waals surface area contributed by atoms with Crippen molar-refractivity contribution in [2.24, 2.45) is 0 Å². The van der Waals surface area contributed by atoms with E-state index in [2.05, 4.69) is 10.0 Å². The molecule has 0 aliphatic heterocycles. The molecule has 7 nitrogen and oxygen atoms in total. The highest BCUT2D eigenvalue weighted by Crippen LogP contribution is 2.28. The molecular formula is C18H23N3O4S2. The van der Waals surface area contributed by atoms with E-state index in [9.17, 15) is 16.8 Å². The first-order valence-electron chi connectivity index (χ1n) is 8.22. The number of nitrogens with one attached hydrogen (secondary N) is 2. The molecule has 0 amide bonds. The predicted octanol–water partition coefficient (Wildman–Crippen LogP) is 2.78. The minimum Gasteiger partial charge on any atom is -0.384 e. The quantitative estimate of drug-likeness (QED) is 0.699. The largest absolute Gasteiger partial charge is 0.384 e. The van der Waals surface area contributed by atoms with Crippen LogP contribution in [0.3, 0.4) is 0 Å². The van der Waals surface area contributed by atoms with Gasteiger partial charge < -0.3 is 5.32 Å². The van der Waals surface area contributed by atoms with Gasteiger partial charge in [-0.15, -0.1) is 0 Å². The van der Waals surface area contributed by atoms with Gasteiger partial charge in [0.25, 0.3) is 10.0 Å². The average Bonchev–Trinajstić information content (AvgIpc) is 2.62. The second kappa shape index (κ2) is 8.55. The van der Waals surface area contributed by atoms with Gasteiger partial charge in [-0.2, -0.15) is 0 Å². The molecule has 0 aliphatic carbocycles. The monoisotopic (exact) mass is 409 g/mol. The van der Waals surface area contributed by atoms with E-state index in [1.165, 1.54) is 32.3 Å². The van der Waals surface area contributed by atoms with Gasteiger partial charge in [0.2, 0.25) is 10.0 Å². The van der Waals surface area contributed by atoms with Crippen molar-refractivity contribution in [3.05, 3.63) is 59.5 Å². The van der Waals surface area contributed by atoms with Gasteiger partial charge in [0, 0.05) is 20.6 Å². The van der Waals surface area contributed by atoms with Crippen molar-refractivity contribution >= 4 is 37.5 Å². The summed E-state index contributed by atoms with van der Waals surface area (Å²) in [6.45, 7) is 2.41. The van der Waals surface area contributed by atoms with Crippen LogP contribution in [0, 0.1) is 0 Å². The van der Waals surface area contributed by atoms with Crippen LogP contribution in [0.15, 0.2) is 58.8 Å². The lowest BCUT2D eigenvalue weighted by atomic mass is 10.2. The first kappa shape index (κ1) is 20.9. The molecule has 0 aromatic heterocycles. The molecule has 0 spiro atoms. The Kier molecular flexibility index (Phi) is 6.63. The minimum atomic E-state index is -3.84. The Labute approximate surface area is 160 Å². The van der Waals surface area contributed by atoms with Crippen molar-refractivity contribution in [3.8, 4) is 0 Å². The summed E-state index contributed by atoms with van der Waals surface area (Å²) in [5.74, 6) is 0. The molecule has 2 N–H and O–H groups in total. The molecule has 146 valence electrons. The zero-order valence-corrected chi connectivity index (χ0v) is 17.0. The molecule has 0 bridgehead atoms. The highest BCUT2D eigenvalue weighted by atomic mass is 32.2. The third-order valence-corrected chi connectivity index (χ3v) is 6.44. The van der Waals surface area contributed by atoms with Crippen LogP contribution in [-0.2, 0) is 20.0 Å². The summed E-state index contributed by atoms with van der Waals surface area (Å²) in [5.41, 5.74) is 1.39. The maximum atomic E-state index is 12.4. The summed E-state index contributed by atoms with van der Waals surface area (Å²) >= 11 is 0. The molecule has 0 radical (unpaired) electrons. The van der Waals surface area contributed by atoms with Gasteiger partial charge >= 0.3 is 0 Å². The van der Waals surface area contributed by atoms with Gasteiger partial charge in [-0.3, -0.25) is 4.72 Å². The molecule has 0 saturated heterocycles. The summed E-state index contributed by atoms with van der Waals surface area (Å²) in [6, 6.07) is 13.3. The lowest BCUT2D eigenvalue weighted by Gasteiger charge is -2.16. The van der Waals surface area contributed by atoms with Crippen LogP contribution in [0.4, 0.5) is 11.4 Å². The van der Waals surface area contributed by atoms with Gasteiger partial charge in [-0.1, -0.05) is 30.3 Å². The number of hydrogen-bond acceptors (Lipinski definition) is 5. The number of nitrogens with zero attached hydrogens (tertiary/aromatic N) is 1. The molecule has 0 heterocycles. The maximum Gasteiger partial charge on any atom is 0.255 e. The predicted molar refractivity (Wildman–Crippen MR) is 109 cm³/mol. The molecular weight excluding hydrogens is 386 g/mol. The van der Waals surface area contributed by atoms with E-state index >= 15 is 0 Å². The van der Waals surface area contributed by atoms with Crippen molar-refractivity contribution in [1.29, 1.82) is 0 Å². The van der Waals surface area contributed by atoms with Crippen molar-refractivity contribution in [2.75, 3.05) is 30.7 Å². The van der Waals surface area contributed by atoms with E-state index in [0.29, 0.717) is 12.2 Å². The standard InChI is InChI=1S/C18H23N3O4S2/c1-4-19-17-11-10-16(27(24,25)21(2)3)14-18(17)20-26(22,23)13-12-15-8-6-5-7-9-15/h5-14,19-20H,4H2,1-3H3/b13-12+. The van der Waals surface area contributed by atoms with Crippen molar-refractivity contribution in [1.82, 2.24) is 4.31 Å². The van der Waals surface area contributed by atoms with Crippen molar-refractivity contribution in [2.45, 2.75) is 11.8 Å². The number of anilines is 2. The first-order chi connectivity index (χ1) is 12.7. The zero-order chi connectivity index (χ0) is 20.1. The van der Waals surface area contributed by atoms with E-state index in [1.807, 2.05) is 13.0 Å². The summed E-state index contributed by atoms with van der Waals surface area (Å²) < 4.78 is 53.1. The molecule has 2 aromatic rings. The lowest BCUT2D eigenvalue weighted by Crippen LogP contribution is -2.22. The Bertz CT molecular complexity index is 1020. The molecule has 2 aromatic carbocycles. The van der Waals surface area contributed by atoms with Crippen molar-refractivity contribution < 1.29 is 16.8 Å². The molecule has 27 heavy (non-hydrogen) atoms.